The summed E-state index contributed by atoms with van der Waals surface area (Å²) >= 11 is 2.65. The summed E-state index contributed by atoms with van der Waals surface area (Å²) in [4.78, 5) is 12.3. The second kappa shape index (κ2) is 8.36. The molecule has 10 heteroatoms. The van der Waals surface area contributed by atoms with E-state index in [-0.39, 0.29) is 11.7 Å². The molecule has 8 nitrogen and oxygen atoms in total. The third kappa shape index (κ3) is 3.97. The Bertz CT molecular complexity index is 1060. The number of amides is 1. The van der Waals surface area contributed by atoms with Crippen molar-refractivity contribution in [2.24, 2.45) is 0 Å². The third-order valence-electron chi connectivity index (χ3n) is 3.80. The van der Waals surface area contributed by atoms with Crippen LogP contribution < -0.4 is 5.32 Å². The summed E-state index contributed by atoms with van der Waals surface area (Å²) in [5.41, 5.74) is 0.969. The van der Waals surface area contributed by atoms with Crippen LogP contribution in [-0.4, -0.2) is 36.6 Å². The number of benzene rings is 1. The van der Waals surface area contributed by atoms with E-state index in [2.05, 4.69) is 25.7 Å². The van der Waals surface area contributed by atoms with Crippen LogP contribution in [0.1, 0.15) is 6.92 Å². The summed E-state index contributed by atoms with van der Waals surface area (Å²) in [7, 11) is 0. The highest BCUT2D eigenvalue weighted by atomic mass is 32.2. The van der Waals surface area contributed by atoms with Gasteiger partial charge in [-0.15, -0.1) is 20.4 Å². The first-order valence-corrected chi connectivity index (χ1v) is 10.3. The summed E-state index contributed by atoms with van der Waals surface area (Å²) in [6.45, 7) is 2.66. The van der Waals surface area contributed by atoms with Crippen LogP contribution in [0, 0.1) is 0 Å². The first-order valence-electron chi connectivity index (χ1n) is 8.53. The van der Waals surface area contributed by atoms with Crippen molar-refractivity contribution in [3.8, 4) is 22.2 Å². The van der Waals surface area contributed by atoms with Gasteiger partial charge < -0.3 is 4.42 Å². The molecule has 0 unspecified atom stereocenters. The molecule has 1 aromatic carbocycles. The van der Waals surface area contributed by atoms with E-state index in [1.165, 1.54) is 23.1 Å². The molecule has 0 saturated heterocycles. The lowest BCUT2D eigenvalue weighted by Crippen LogP contribution is -2.14. The predicted octanol–water partition coefficient (Wildman–Crippen LogP) is 3.81. The molecule has 4 rings (SSSR count). The van der Waals surface area contributed by atoms with Gasteiger partial charge in [-0.25, -0.2) is 0 Å². The third-order valence-corrected chi connectivity index (χ3v) is 5.65. The Morgan fingerprint density at radius 2 is 2.00 bits per heavy atom. The zero-order valence-corrected chi connectivity index (χ0v) is 16.5. The number of rotatable bonds is 7. The molecule has 0 aliphatic rings. The molecular weight excluding hydrogens is 396 g/mol. The van der Waals surface area contributed by atoms with Crippen LogP contribution in [0.4, 0.5) is 5.13 Å². The predicted molar refractivity (Wildman–Crippen MR) is 108 cm³/mol. The average Bonchev–Trinajstić information content (AvgIpc) is 3.47. The molecule has 0 spiro atoms. The highest BCUT2D eigenvalue weighted by Gasteiger charge is 2.17. The molecular formula is C18H16N6O2S2. The molecule has 0 saturated carbocycles. The van der Waals surface area contributed by atoms with Gasteiger partial charge in [0.05, 0.1) is 12.0 Å². The van der Waals surface area contributed by atoms with Gasteiger partial charge in [-0.3, -0.25) is 14.7 Å². The molecule has 1 amide bonds. The number of furan rings is 1. The molecule has 0 bridgehead atoms. The molecule has 4 aromatic rings. The van der Waals surface area contributed by atoms with E-state index >= 15 is 0 Å². The molecule has 142 valence electrons. The highest BCUT2D eigenvalue weighted by Crippen LogP contribution is 2.27. The minimum Gasteiger partial charge on any atom is -0.461 e. The van der Waals surface area contributed by atoms with Gasteiger partial charge in [-0.05, 0) is 19.1 Å². The van der Waals surface area contributed by atoms with Gasteiger partial charge in [-0.1, -0.05) is 53.4 Å². The smallest absolute Gasteiger partial charge is 0.236 e. The van der Waals surface area contributed by atoms with Gasteiger partial charge in [0.25, 0.3) is 0 Å². The number of carbonyl (C=O) groups excluding carboxylic acids is 1. The second-order valence-corrected chi connectivity index (χ2v) is 7.56. The van der Waals surface area contributed by atoms with Crippen molar-refractivity contribution in [1.29, 1.82) is 0 Å². The number of thioether (sulfide) groups is 1. The summed E-state index contributed by atoms with van der Waals surface area (Å²) in [5.74, 6) is 1.31. The lowest BCUT2D eigenvalue weighted by molar-refractivity contribution is -0.113. The van der Waals surface area contributed by atoms with Crippen molar-refractivity contribution in [1.82, 2.24) is 25.0 Å². The van der Waals surface area contributed by atoms with Crippen molar-refractivity contribution in [3.63, 3.8) is 0 Å². The number of carbonyl (C=O) groups is 1. The van der Waals surface area contributed by atoms with Gasteiger partial charge in [0, 0.05) is 12.1 Å². The molecule has 28 heavy (non-hydrogen) atoms. The normalized spacial score (nSPS) is 10.9. The van der Waals surface area contributed by atoms with E-state index in [1.54, 1.807) is 12.3 Å². The topological polar surface area (TPSA) is 98.7 Å². The second-order valence-electron chi connectivity index (χ2n) is 5.64. The average molecular weight is 413 g/mol. The Balaban J connectivity index is 1.38. The van der Waals surface area contributed by atoms with Crippen LogP contribution in [0.2, 0.25) is 0 Å². The van der Waals surface area contributed by atoms with E-state index in [1.807, 2.05) is 47.9 Å². The van der Waals surface area contributed by atoms with Gasteiger partial charge in [0.15, 0.2) is 16.7 Å². The lowest BCUT2D eigenvalue weighted by Gasteiger charge is -2.05. The fourth-order valence-electron chi connectivity index (χ4n) is 2.53. The number of nitrogens with one attached hydrogen (secondary N) is 1. The Kier molecular flexibility index (Phi) is 5.49. The number of aromatic nitrogens is 5. The largest absolute Gasteiger partial charge is 0.461 e. The Hall–Kier alpha value is -2.98. The lowest BCUT2D eigenvalue weighted by atomic mass is 10.2. The van der Waals surface area contributed by atoms with Gasteiger partial charge in [0.2, 0.25) is 11.0 Å². The standard InChI is InChI=1S/C18H16N6O2S2/c1-2-24-15(13-9-6-10-26-13)20-23-18(24)27-11-14(25)19-17-22-21-16(28-17)12-7-4-3-5-8-12/h3-10H,2,11H2,1H3,(H,19,22,25). The minimum absolute atomic E-state index is 0.175. The van der Waals surface area contributed by atoms with Crippen LogP contribution >= 0.6 is 23.1 Å². The van der Waals surface area contributed by atoms with Crippen LogP contribution in [0.15, 0.2) is 58.3 Å². The number of hydrogen-bond acceptors (Lipinski definition) is 8. The maximum absolute atomic E-state index is 12.3. The van der Waals surface area contributed by atoms with E-state index in [9.17, 15) is 4.79 Å². The van der Waals surface area contributed by atoms with E-state index in [4.69, 9.17) is 4.42 Å². The zero-order chi connectivity index (χ0) is 19.3. The minimum atomic E-state index is -0.175. The maximum atomic E-state index is 12.3. The quantitative estimate of drug-likeness (QED) is 0.461. The van der Waals surface area contributed by atoms with Gasteiger partial charge in [0.1, 0.15) is 5.01 Å². The fourth-order valence-corrected chi connectivity index (χ4v) is 4.09. The first kappa shape index (κ1) is 18.4. The molecule has 3 heterocycles. The van der Waals surface area contributed by atoms with Crippen LogP contribution in [0.5, 0.6) is 0 Å². The zero-order valence-electron chi connectivity index (χ0n) is 14.9. The molecule has 3 aromatic heterocycles. The van der Waals surface area contributed by atoms with Crippen molar-refractivity contribution in [2.45, 2.75) is 18.6 Å². The van der Waals surface area contributed by atoms with Gasteiger partial charge >= 0.3 is 0 Å². The molecule has 0 radical (unpaired) electrons. The van der Waals surface area contributed by atoms with Crippen molar-refractivity contribution >= 4 is 34.1 Å². The Morgan fingerprint density at radius 1 is 1.14 bits per heavy atom. The summed E-state index contributed by atoms with van der Waals surface area (Å²) in [5, 5.41) is 21.2. The van der Waals surface area contributed by atoms with Gasteiger partial charge in [-0.2, -0.15) is 0 Å². The summed E-state index contributed by atoms with van der Waals surface area (Å²) < 4.78 is 7.30. The van der Waals surface area contributed by atoms with E-state index < -0.39 is 0 Å². The number of nitrogens with zero attached hydrogens (tertiary/aromatic N) is 5. The van der Waals surface area contributed by atoms with Crippen molar-refractivity contribution in [2.75, 3.05) is 11.1 Å². The summed E-state index contributed by atoms with van der Waals surface area (Å²) in [6, 6.07) is 13.4. The Morgan fingerprint density at radius 3 is 2.75 bits per heavy atom. The van der Waals surface area contributed by atoms with Crippen molar-refractivity contribution < 1.29 is 9.21 Å². The number of hydrogen-bond donors (Lipinski definition) is 1. The molecule has 1 N–H and O–H groups in total. The fraction of sp³-hybridized carbons (Fsp3) is 0.167. The van der Waals surface area contributed by atoms with E-state index in [0.717, 1.165) is 10.6 Å². The first-order chi connectivity index (χ1) is 13.7. The molecule has 0 atom stereocenters. The monoisotopic (exact) mass is 412 g/mol. The Labute approximate surface area is 169 Å². The van der Waals surface area contributed by atoms with E-state index in [0.29, 0.717) is 28.4 Å². The summed E-state index contributed by atoms with van der Waals surface area (Å²) in [6.07, 6.45) is 1.59. The number of anilines is 1. The SMILES string of the molecule is CCn1c(SCC(=O)Nc2nnc(-c3ccccc3)s2)nnc1-c1ccco1. The van der Waals surface area contributed by atoms with Crippen LogP contribution in [0.25, 0.3) is 22.2 Å². The highest BCUT2D eigenvalue weighted by molar-refractivity contribution is 7.99. The molecule has 0 aliphatic heterocycles. The maximum Gasteiger partial charge on any atom is 0.236 e. The molecule has 0 aliphatic carbocycles. The van der Waals surface area contributed by atoms with Crippen molar-refractivity contribution in [3.05, 3.63) is 48.7 Å². The van der Waals surface area contributed by atoms with Crippen LogP contribution in [-0.2, 0) is 11.3 Å². The molecule has 0 fully saturated rings. The van der Waals surface area contributed by atoms with Crippen LogP contribution in [0.3, 0.4) is 0 Å².